The average Bonchev–Trinajstić information content (AvgIpc) is 2.71. The highest BCUT2D eigenvalue weighted by Gasteiger charge is 2.45. The molecule has 6 heteroatoms. The van der Waals surface area contributed by atoms with Crippen molar-refractivity contribution in [2.45, 2.75) is 38.3 Å². The number of nitrogens with zero attached hydrogens (tertiary/aromatic N) is 1. The predicted molar refractivity (Wildman–Crippen MR) is 86.9 cm³/mol. The van der Waals surface area contributed by atoms with E-state index >= 15 is 0 Å². The predicted octanol–water partition coefficient (Wildman–Crippen LogP) is 1.09. The summed E-state index contributed by atoms with van der Waals surface area (Å²) in [7, 11) is -3.08. The molecule has 3 rings (SSSR count). The smallest absolute Gasteiger partial charge is 0.239 e. The second-order valence-corrected chi connectivity index (χ2v) is 9.40. The van der Waals surface area contributed by atoms with Crippen LogP contribution in [-0.4, -0.2) is 44.5 Å². The van der Waals surface area contributed by atoms with Crippen molar-refractivity contribution in [2.24, 2.45) is 0 Å². The van der Waals surface area contributed by atoms with Crippen LogP contribution in [0.5, 0.6) is 0 Å². The van der Waals surface area contributed by atoms with Gasteiger partial charge in [0.05, 0.1) is 30.1 Å². The summed E-state index contributed by atoms with van der Waals surface area (Å²) in [5.41, 5.74) is 2.19. The van der Waals surface area contributed by atoms with E-state index in [-0.39, 0.29) is 41.5 Å². The summed E-state index contributed by atoms with van der Waals surface area (Å²) in [6.07, 6.45) is 0. The van der Waals surface area contributed by atoms with E-state index in [1.807, 2.05) is 17.0 Å². The Kier molecular flexibility index (Phi) is 3.47. The van der Waals surface area contributed by atoms with Crippen molar-refractivity contribution in [3.63, 3.8) is 0 Å². The number of hydrogen-bond donors (Lipinski definition) is 1. The third-order valence-corrected chi connectivity index (χ3v) is 6.16. The fourth-order valence-electron chi connectivity index (χ4n) is 3.23. The van der Waals surface area contributed by atoms with Crippen LogP contribution in [0.3, 0.4) is 0 Å². The van der Waals surface area contributed by atoms with Crippen LogP contribution in [0.1, 0.15) is 26.3 Å². The molecule has 1 amide bonds. The van der Waals surface area contributed by atoms with Crippen molar-refractivity contribution >= 4 is 21.4 Å². The van der Waals surface area contributed by atoms with Gasteiger partial charge in [-0.3, -0.25) is 4.79 Å². The molecule has 2 saturated heterocycles. The van der Waals surface area contributed by atoms with Crippen LogP contribution < -0.4 is 10.2 Å². The number of piperazine rings is 1. The number of fused-ring (bicyclic) bond motifs is 1. The van der Waals surface area contributed by atoms with E-state index in [1.54, 1.807) is 0 Å². The fraction of sp³-hybridized carbons (Fsp3) is 0.562. The first-order valence-corrected chi connectivity index (χ1v) is 9.35. The lowest BCUT2D eigenvalue weighted by Gasteiger charge is -2.38. The molecule has 0 aromatic heterocycles. The van der Waals surface area contributed by atoms with Crippen molar-refractivity contribution in [1.29, 1.82) is 0 Å². The van der Waals surface area contributed by atoms with Crippen molar-refractivity contribution < 1.29 is 13.2 Å². The van der Waals surface area contributed by atoms with Crippen LogP contribution in [0.2, 0.25) is 0 Å². The molecule has 2 aliphatic rings. The van der Waals surface area contributed by atoms with Gasteiger partial charge < -0.3 is 10.2 Å². The van der Waals surface area contributed by atoms with Crippen LogP contribution in [0.25, 0.3) is 0 Å². The van der Waals surface area contributed by atoms with Gasteiger partial charge in [-0.15, -0.1) is 0 Å². The molecule has 0 spiro atoms. The van der Waals surface area contributed by atoms with E-state index in [2.05, 4.69) is 38.2 Å². The van der Waals surface area contributed by atoms with Gasteiger partial charge in [-0.05, 0) is 23.1 Å². The molecule has 5 nitrogen and oxygen atoms in total. The highest BCUT2D eigenvalue weighted by atomic mass is 32.2. The van der Waals surface area contributed by atoms with Crippen LogP contribution in [0.15, 0.2) is 24.3 Å². The minimum Gasteiger partial charge on any atom is -0.356 e. The van der Waals surface area contributed by atoms with Gasteiger partial charge in [0.15, 0.2) is 9.84 Å². The number of hydrogen-bond acceptors (Lipinski definition) is 4. The molecule has 22 heavy (non-hydrogen) atoms. The summed E-state index contributed by atoms with van der Waals surface area (Å²) < 4.78 is 23.8. The van der Waals surface area contributed by atoms with E-state index in [4.69, 9.17) is 0 Å². The average molecular weight is 322 g/mol. The fourth-order valence-corrected chi connectivity index (χ4v) is 5.16. The molecule has 2 heterocycles. The molecular formula is C16H22N2O3S. The molecule has 2 aliphatic heterocycles. The van der Waals surface area contributed by atoms with Gasteiger partial charge in [0.2, 0.25) is 5.91 Å². The first-order valence-electron chi connectivity index (χ1n) is 7.53. The second-order valence-electron chi connectivity index (χ2n) is 7.24. The van der Waals surface area contributed by atoms with Gasteiger partial charge in [0, 0.05) is 5.69 Å². The van der Waals surface area contributed by atoms with Gasteiger partial charge in [-0.1, -0.05) is 32.9 Å². The van der Waals surface area contributed by atoms with Gasteiger partial charge in [0.1, 0.15) is 0 Å². The Hall–Kier alpha value is -1.56. The summed E-state index contributed by atoms with van der Waals surface area (Å²) in [6, 6.07) is 7.62. The minimum absolute atomic E-state index is 0.0416. The number of anilines is 1. The maximum absolute atomic E-state index is 11.9. The maximum atomic E-state index is 11.9. The van der Waals surface area contributed by atoms with Gasteiger partial charge in [0.25, 0.3) is 0 Å². The lowest BCUT2D eigenvalue weighted by Crippen LogP contribution is -2.60. The maximum Gasteiger partial charge on any atom is 0.239 e. The Labute approximate surface area is 131 Å². The molecule has 0 aliphatic carbocycles. The van der Waals surface area contributed by atoms with Crippen LogP contribution in [0.4, 0.5) is 5.69 Å². The molecule has 2 fully saturated rings. The first kappa shape index (κ1) is 15.3. The summed E-state index contributed by atoms with van der Waals surface area (Å²) >= 11 is 0. The monoisotopic (exact) mass is 322 g/mol. The molecule has 0 unspecified atom stereocenters. The van der Waals surface area contributed by atoms with Gasteiger partial charge >= 0.3 is 0 Å². The van der Waals surface area contributed by atoms with E-state index in [0.717, 1.165) is 5.69 Å². The van der Waals surface area contributed by atoms with E-state index in [0.29, 0.717) is 0 Å². The molecule has 2 atom stereocenters. The quantitative estimate of drug-likeness (QED) is 0.840. The zero-order valence-electron chi connectivity index (χ0n) is 13.2. The summed E-state index contributed by atoms with van der Waals surface area (Å²) in [6.45, 7) is 6.66. The first-order chi connectivity index (χ1) is 10.2. The third kappa shape index (κ3) is 2.84. The molecule has 120 valence electrons. The molecular weight excluding hydrogens is 300 g/mol. The zero-order valence-corrected chi connectivity index (χ0v) is 14.0. The van der Waals surface area contributed by atoms with Crippen LogP contribution in [0, 0.1) is 0 Å². The molecule has 1 aromatic carbocycles. The van der Waals surface area contributed by atoms with E-state index < -0.39 is 9.84 Å². The highest BCUT2D eigenvalue weighted by molar-refractivity contribution is 7.91. The van der Waals surface area contributed by atoms with Crippen molar-refractivity contribution in [1.82, 2.24) is 5.32 Å². The Bertz CT molecular complexity index is 689. The topological polar surface area (TPSA) is 66.5 Å². The van der Waals surface area contributed by atoms with Gasteiger partial charge in [-0.2, -0.15) is 0 Å². The zero-order chi connectivity index (χ0) is 16.1. The SMILES string of the molecule is CC(C)(C)c1ccc(N2CC(=O)N[C@@H]3CS(=O)(=O)C[C@H]32)cc1. The van der Waals surface area contributed by atoms with Crippen molar-refractivity contribution in [3.8, 4) is 0 Å². The Balaban J connectivity index is 1.91. The minimum atomic E-state index is -3.08. The Morgan fingerprint density at radius 3 is 2.36 bits per heavy atom. The van der Waals surface area contributed by atoms with Crippen LogP contribution in [-0.2, 0) is 20.0 Å². The third-order valence-electron chi connectivity index (χ3n) is 4.45. The summed E-state index contributed by atoms with van der Waals surface area (Å²) in [4.78, 5) is 13.8. The number of carbonyl (C=O) groups is 1. The van der Waals surface area contributed by atoms with E-state index in [9.17, 15) is 13.2 Å². The lowest BCUT2D eigenvalue weighted by atomic mass is 9.87. The number of rotatable bonds is 1. The number of carbonyl (C=O) groups excluding carboxylic acids is 1. The van der Waals surface area contributed by atoms with E-state index in [1.165, 1.54) is 5.56 Å². The summed E-state index contributed by atoms with van der Waals surface area (Å²) in [5.74, 6) is 0.0390. The highest BCUT2D eigenvalue weighted by Crippen LogP contribution is 2.29. The lowest BCUT2D eigenvalue weighted by molar-refractivity contribution is -0.121. The number of nitrogens with one attached hydrogen (secondary N) is 1. The molecule has 0 radical (unpaired) electrons. The molecule has 0 bridgehead atoms. The van der Waals surface area contributed by atoms with Gasteiger partial charge in [-0.25, -0.2) is 8.42 Å². The van der Waals surface area contributed by atoms with Crippen molar-refractivity contribution in [2.75, 3.05) is 23.0 Å². The standard InChI is InChI=1S/C16H22N2O3S/c1-16(2,3)11-4-6-12(7-5-11)18-8-15(19)17-13-9-22(20,21)10-14(13)18/h4-7,13-14H,8-10H2,1-3H3,(H,17,19)/t13-,14-/m1/s1. The number of sulfone groups is 1. The largest absolute Gasteiger partial charge is 0.356 e. The molecule has 1 N–H and O–H groups in total. The number of amides is 1. The second kappa shape index (κ2) is 4.98. The van der Waals surface area contributed by atoms with Crippen LogP contribution >= 0.6 is 0 Å². The summed E-state index contributed by atoms with van der Waals surface area (Å²) in [5, 5.41) is 2.81. The molecule has 1 aromatic rings. The normalized spacial score (nSPS) is 27.4. The Morgan fingerprint density at radius 2 is 1.77 bits per heavy atom. The number of benzene rings is 1. The Morgan fingerprint density at radius 1 is 1.14 bits per heavy atom. The molecule has 0 saturated carbocycles. The van der Waals surface area contributed by atoms with Crippen molar-refractivity contribution in [3.05, 3.63) is 29.8 Å².